The van der Waals surface area contributed by atoms with E-state index >= 15 is 0 Å². The molecule has 1 saturated heterocycles. The smallest absolute Gasteiger partial charge is 0.0807 e. The van der Waals surface area contributed by atoms with Crippen LogP contribution in [0.3, 0.4) is 0 Å². The predicted octanol–water partition coefficient (Wildman–Crippen LogP) is 0.812. The van der Waals surface area contributed by atoms with E-state index in [1.165, 1.54) is 0 Å². The molecule has 0 radical (unpaired) electrons. The molecule has 1 fully saturated rings. The Balaban J connectivity index is 2.13. The van der Waals surface area contributed by atoms with Gasteiger partial charge in [0.25, 0.3) is 0 Å². The van der Waals surface area contributed by atoms with Gasteiger partial charge in [0.2, 0.25) is 0 Å². The highest BCUT2D eigenvalue weighted by Gasteiger charge is 2.10. The molecule has 1 aliphatic rings. The molecule has 0 bridgehead atoms. The van der Waals surface area contributed by atoms with Crippen LogP contribution in [0.15, 0.2) is 0 Å². The van der Waals surface area contributed by atoms with Crippen molar-refractivity contribution in [1.29, 1.82) is 0 Å². The quantitative estimate of drug-likeness (QED) is 0.504. The van der Waals surface area contributed by atoms with Crippen LogP contribution >= 0.6 is 0 Å². The van der Waals surface area contributed by atoms with Gasteiger partial charge in [0.1, 0.15) is 0 Å². The van der Waals surface area contributed by atoms with Crippen LogP contribution in [-0.2, 0) is 9.47 Å². The number of rotatable bonds is 1. The van der Waals surface area contributed by atoms with Crippen molar-refractivity contribution in [3.05, 3.63) is 0 Å². The Morgan fingerprint density at radius 2 is 2.38 bits per heavy atom. The van der Waals surface area contributed by atoms with Crippen LogP contribution in [0.2, 0.25) is 0 Å². The van der Waals surface area contributed by atoms with Gasteiger partial charge in [-0.05, 0) is 6.42 Å². The summed E-state index contributed by atoms with van der Waals surface area (Å²) in [5, 5.41) is 0. The molecule has 0 saturated carbocycles. The van der Waals surface area contributed by atoms with Gasteiger partial charge in [-0.3, -0.25) is 0 Å². The number of hydrogen-bond donors (Lipinski definition) is 0. The van der Waals surface area contributed by atoms with Gasteiger partial charge in [0.15, 0.2) is 0 Å². The van der Waals surface area contributed by atoms with Crippen LogP contribution in [0.4, 0.5) is 0 Å². The second-order valence-electron chi connectivity index (χ2n) is 1.98. The Labute approximate surface area is 49.8 Å². The maximum absolute atomic E-state index is 5.30. The van der Waals surface area contributed by atoms with Gasteiger partial charge >= 0.3 is 0 Å². The van der Waals surface area contributed by atoms with Gasteiger partial charge in [-0.2, -0.15) is 0 Å². The number of ether oxygens (including phenoxy) is 2. The molecule has 48 valence electrons. The van der Waals surface area contributed by atoms with Gasteiger partial charge in [0.05, 0.1) is 25.9 Å². The van der Waals surface area contributed by atoms with Crippen LogP contribution in [-0.4, -0.2) is 25.9 Å². The first kappa shape index (κ1) is 6.05. The molecule has 1 rings (SSSR count). The van der Waals surface area contributed by atoms with Crippen LogP contribution in [0.25, 0.3) is 0 Å². The van der Waals surface area contributed by atoms with Crippen LogP contribution in [0, 0.1) is 0 Å². The van der Waals surface area contributed by atoms with E-state index < -0.39 is 0 Å². The molecular formula is C6H12O2. The van der Waals surface area contributed by atoms with E-state index in [4.69, 9.17) is 9.47 Å². The lowest BCUT2D eigenvalue weighted by Gasteiger charge is -2.20. The zero-order chi connectivity index (χ0) is 5.82. The molecule has 0 aromatic carbocycles. The van der Waals surface area contributed by atoms with Crippen molar-refractivity contribution in [3.63, 3.8) is 0 Å². The van der Waals surface area contributed by atoms with E-state index in [1.807, 2.05) is 0 Å². The first-order chi connectivity index (χ1) is 3.93. The molecule has 0 aromatic heterocycles. The summed E-state index contributed by atoms with van der Waals surface area (Å²) in [6.07, 6.45) is 1.43. The van der Waals surface area contributed by atoms with E-state index in [0.717, 1.165) is 26.2 Å². The van der Waals surface area contributed by atoms with Crippen LogP contribution < -0.4 is 0 Å². The van der Waals surface area contributed by atoms with E-state index in [9.17, 15) is 0 Å². The highest BCUT2D eigenvalue weighted by Crippen LogP contribution is 2.02. The molecule has 0 spiro atoms. The molecule has 1 unspecified atom stereocenters. The predicted molar refractivity (Wildman–Crippen MR) is 30.8 cm³/mol. The molecule has 2 heteroatoms. The topological polar surface area (TPSA) is 18.5 Å². The lowest BCUT2D eigenvalue weighted by molar-refractivity contribution is -0.0887. The fraction of sp³-hybridized carbons (Fsp3) is 1.00. The van der Waals surface area contributed by atoms with E-state index in [1.54, 1.807) is 0 Å². The highest BCUT2D eigenvalue weighted by atomic mass is 16.6. The normalized spacial score (nSPS) is 30.4. The number of hydrogen-bond acceptors (Lipinski definition) is 2. The van der Waals surface area contributed by atoms with Gasteiger partial charge in [-0.25, -0.2) is 0 Å². The van der Waals surface area contributed by atoms with Crippen molar-refractivity contribution in [3.8, 4) is 0 Å². The van der Waals surface area contributed by atoms with Crippen molar-refractivity contribution in [1.82, 2.24) is 0 Å². The first-order valence-electron chi connectivity index (χ1n) is 3.13. The Kier molecular flexibility index (Phi) is 2.30. The summed E-state index contributed by atoms with van der Waals surface area (Å²) in [5.74, 6) is 0. The minimum atomic E-state index is 0.365. The third kappa shape index (κ3) is 1.46. The zero-order valence-electron chi connectivity index (χ0n) is 5.22. The van der Waals surface area contributed by atoms with E-state index in [2.05, 4.69) is 6.92 Å². The first-order valence-corrected chi connectivity index (χ1v) is 3.13. The molecule has 0 aliphatic carbocycles. The summed E-state index contributed by atoms with van der Waals surface area (Å²) >= 11 is 0. The third-order valence-corrected chi connectivity index (χ3v) is 1.34. The summed E-state index contributed by atoms with van der Waals surface area (Å²) in [4.78, 5) is 0. The summed E-state index contributed by atoms with van der Waals surface area (Å²) in [6, 6.07) is 0. The van der Waals surface area contributed by atoms with Crippen molar-refractivity contribution in [2.45, 2.75) is 19.4 Å². The molecule has 1 heterocycles. The highest BCUT2D eigenvalue weighted by molar-refractivity contribution is 4.56. The minimum absolute atomic E-state index is 0.365. The molecule has 8 heavy (non-hydrogen) atoms. The van der Waals surface area contributed by atoms with Gasteiger partial charge in [0, 0.05) is 0 Å². The zero-order valence-corrected chi connectivity index (χ0v) is 5.22. The molecule has 2 nitrogen and oxygen atoms in total. The Bertz CT molecular complexity index is 57.5. The Morgan fingerprint density at radius 3 is 2.75 bits per heavy atom. The SMILES string of the molecule is CCC1COCCO1. The van der Waals surface area contributed by atoms with Gasteiger partial charge < -0.3 is 9.47 Å². The summed E-state index contributed by atoms with van der Waals surface area (Å²) in [7, 11) is 0. The maximum atomic E-state index is 5.30. The molecule has 1 atom stereocenters. The van der Waals surface area contributed by atoms with E-state index in [-0.39, 0.29) is 0 Å². The molecular weight excluding hydrogens is 104 g/mol. The molecule has 0 N–H and O–H groups in total. The van der Waals surface area contributed by atoms with Crippen LogP contribution in [0.1, 0.15) is 13.3 Å². The standard InChI is InChI=1S/C6H12O2/c1-2-6-5-7-3-4-8-6/h6H,2-5H2,1H3. The third-order valence-electron chi connectivity index (χ3n) is 1.34. The van der Waals surface area contributed by atoms with Gasteiger partial charge in [-0.15, -0.1) is 0 Å². The Hall–Kier alpha value is -0.0800. The lowest BCUT2D eigenvalue weighted by Crippen LogP contribution is -2.27. The van der Waals surface area contributed by atoms with Crippen LogP contribution in [0.5, 0.6) is 0 Å². The van der Waals surface area contributed by atoms with Crippen molar-refractivity contribution in [2.24, 2.45) is 0 Å². The fourth-order valence-corrected chi connectivity index (χ4v) is 0.772. The molecule has 0 amide bonds. The van der Waals surface area contributed by atoms with Crippen molar-refractivity contribution < 1.29 is 9.47 Å². The second kappa shape index (κ2) is 3.05. The minimum Gasteiger partial charge on any atom is -0.376 e. The summed E-state index contributed by atoms with van der Waals surface area (Å²) < 4.78 is 10.5. The largest absolute Gasteiger partial charge is 0.376 e. The van der Waals surface area contributed by atoms with Gasteiger partial charge in [-0.1, -0.05) is 6.92 Å². The Morgan fingerprint density at radius 1 is 1.50 bits per heavy atom. The average Bonchev–Trinajstić information content (AvgIpc) is 1.90. The fourth-order valence-electron chi connectivity index (χ4n) is 0.772. The average molecular weight is 116 g/mol. The van der Waals surface area contributed by atoms with Crippen molar-refractivity contribution in [2.75, 3.05) is 19.8 Å². The summed E-state index contributed by atoms with van der Waals surface area (Å²) in [6.45, 7) is 4.45. The van der Waals surface area contributed by atoms with E-state index in [0.29, 0.717) is 6.10 Å². The second-order valence-corrected chi connectivity index (χ2v) is 1.98. The maximum Gasteiger partial charge on any atom is 0.0807 e. The summed E-state index contributed by atoms with van der Waals surface area (Å²) in [5.41, 5.74) is 0. The lowest BCUT2D eigenvalue weighted by atomic mass is 10.3. The monoisotopic (exact) mass is 116 g/mol. The molecule has 1 aliphatic heterocycles. The van der Waals surface area contributed by atoms with Crippen molar-refractivity contribution >= 4 is 0 Å². The molecule has 0 aromatic rings.